The average molecular weight is 486 g/mol. The fraction of sp³-hybridized carbons (Fsp3) is 0.259. The predicted octanol–water partition coefficient (Wildman–Crippen LogP) is 5.61. The molecule has 0 bridgehead atoms. The number of nitriles is 1. The molecule has 1 N–H and O–H groups in total. The van der Waals surface area contributed by atoms with Crippen molar-refractivity contribution in [2.75, 3.05) is 5.32 Å². The van der Waals surface area contributed by atoms with E-state index in [9.17, 15) is 14.9 Å². The van der Waals surface area contributed by atoms with E-state index in [1.54, 1.807) is 25.1 Å². The maximum Gasteiger partial charge on any atom is 0.339 e. The van der Waals surface area contributed by atoms with Gasteiger partial charge in [0.1, 0.15) is 16.6 Å². The molecule has 2 atom stereocenters. The number of nitrogens with one attached hydrogen (secondary N) is 1. The summed E-state index contributed by atoms with van der Waals surface area (Å²) in [6.07, 6.45) is 3.20. The lowest BCUT2D eigenvalue weighted by molar-refractivity contribution is -0.124. The topological polar surface area (TPSA) is 105 Å². The van der Waals surface area contributed by atoms with Gasteiger partial charge in [-0.2, -0.15) is 5.26 Å². The first-order valence-corrected chi connectivity index (χ1v) is 12.3. The van der Waals surface area contributed by atoms with Gasteiger partial charge in [0.05, 0.1) is 11.1 Å². The van der Waals surface area contributed by atoms with Gasteiger partial charge in [-0.25, -0.2) is 9.78 Å². The lowest BCUT2D eigenvalue weighted by atomic mass is 9.83. The largest absolute Gasteiger partial charge is 0.449 e. The Hall–Kier alpha value is -3.96. The van der Waals surface area contributed by atoms with Crippen LogP contribution in [0.3, 0.4) is 0 Å². The summed E-state index contributed by atoms with van der Waals surface area (Å²) < 4.78 is 10.7. The number of amides is 1. The molecule has 0 saturated carbocycles. The minimum absolute atomic E-state index is 0.275. The number of anilines is 1. The van der Waals surface area contributed by atoms with Crippen molar-refractivity contribution in [1.82, 2.24) is 4.98 Å². The number of hydrogen-bond donors (Lipinski definition) is 1. The highest BCUT2D eigenvalue weighted by atomic mass is 32.1. The Morgan fingerprint density at radius 1 is 1.29 bits per heavy atom. The van der Waals surface area contributed by atoms with Gasteiger partial charge in [0, 0.05) is 4.88 Å². The van der Waals surface area contributed by atoms with Crippen molar-refractivity contribution in [3.63, 3.8) is 0 Å². The fourth-order valence-corrected chi connectivity index (χ4v) is 5.78. The Balaban J connectivity index is 1.31. The summed E-state index contributed by atoms with van der Waals surface area (Å²) in [6, 6.07) is 17.4. The van der Waals surface area contributed by atoms with Crippen molar-refractivity contribution in [2.24, 2.45) is 0 Å². The number of fused-ring (bicyclic) bond motifs is 2. The number of rotatable bonds is 6. The summed E-state index contributed by atoms with van der Waals surface area (Å²) in [5, 5.41) is 13.2. The average Bonchev–Trinajstić information content (AvgIpc) is 3.50. The van der Waals surface area contributed by atoms with Crippen molar-refractivity contribution in [1.29, 1.82) is 5.26 Å². The molecule has 8 heteroatoms. The number of thiophene rings is 1. The number of nitrogens with zero attached hydrogens (tertiary/aromatic N) is 2. The molecule has 2 heterocycles. The van der Waals surface area contributed by atoms with Crippen molar-refractivity contribution in [3.05, 3.63) is 82.1 Å². The second kappa shape index (κ2) is 9.72. The minimum atomic E-state index is -0.990. The van der Waals surface area contributed by atoms with Crippen LogP contribution >= 0.6 is 11.3 Å². The van der Waals surface area contributed by atoms with Crippen LogP contribution in [0.25, 0.3) is 11.1 Å². The SMILES string of the molecule is CCC(OC(=O)c1ccc2ncoc2c1)C(=O)Nc1sc2c(c1C#N)CCC(c1ccccc1)C2. The van der Waals surface area contributed by atoms with Crippen LogP contribution in [0.15, 0.2) is 59.3 Å². The molecular weight excluding hydrogens is 462 g/mol. The van der Waals surface area contributed by atoms with E-state index < -0.39 is 18.0 Å². The molecule has 1 aliphatic rings. The van der Waals surface area contributed by atoms with Crippen LogP contribution in [0, 0.1) is 11.3 Å². The molecule has 176 valence electrons. The van der Waals surface area contributed by atoms with Gasteiger partial charge >= 0.3 is 5.97 Å². The molecule has 7 nitrogen and oxygen atoms in total. The first kappa shape index (κ1) is 22.8. The Labute approximate surface area is 206 Å². The van der Waals surface area contributed by atoms with Crippen molar-refractivity contribution >= 4 is 39.3 Å². The Morgan fingerprint density at radius 3 is 2.89 bits per heavy atom. The lowest BCUT2D eigenvalue weighted by Gasteiger charge is -2.22. The molecule has 0 radical (unpaired) electrons. The molecule has 0 fully saturated rings. The van der Waals surface area contributed by atoms with E-state index in [4.69, 9.17) is 9.15 Å². The zero-order valence-electron chi connectivity index (χ0n) is 19.1. The monoisotopic (exact) mass is 485 g/mol. The summed E-state index contributed by atoms with van der Waals surface area (Å²) in [6.45, 7) is 1.77. The first-order valence-electron chi connectivity index (χ1n) is 11.5. The van der Waals surface area contributed by atoms with Crippen LogP contribution in [0.1, 0.15) is 57.6 Å². The molecule has 0 spiro atoms. The van der Waals surface area contributed by atoms with Crippen LogP contribution in [-0.2, 0) is 22.4 Å². The second-order valence-corrected chi connectivity index (χ2v) is 9.60. The number of carbonyl (C=O) groups is 2. The number of ether oxygens (including phenoxy) is 1. The molecule has 1 aliphatic carbocycles. The quantitative estimate of drug-likeness (QED) is 0.356. The third-order valence-corrected chi connectivity index (χ3v) is 7.53. The van der Waals surface area contributed by atoms with Crippen molar-refractivity contribution < 1.29 is 18.7 Å². The summed E-state index contributed by atoms with van der Waals surface area (Å²) in [4.78, 5) is 30.9. The van der Waals surface area contributed by atoms with E-state index >= 15 is 0 Å². The van der Waals surface area contributed by atoms with Gasteiger partial charge in [0.25, 0.3) is 5.91 Å². The molecule has 35 heavy (non-hydrogen) atoms. The zero-order chi connectivity index (χ0) is 24.4. The van der Waals surface area contributed by atoms with Gasteiger partial charge in [-0.15, -0.1) is 11.3 Å². The smallest absolute Gasteiger partial charge is 0.339 e. The number of benzene rings is 2. The van der Waals surface area contributed by atoms with Crippen LogP contribution in [0.4, 0.5) is 5.00 Å². The van der Waals surface area contributed by atoms with Gasteiger partial charge in [0.2, 0.25) is 0 Å². The normalized spacial score (nSPS) is 15.7. The number of hydrogen-bond acceptors (Lipinski definition) is 7. The molecule has 4 aromatic rings. The number of carbonyl (C=O) groups excluding carboxylic acids is 2. The molecule has 0 aliphatic heterocycles. The maximum atomic E-state index is 13.0. The van der Waals surface area contributed by atoms with E-state index in [0.717, 1.165) is 29.7 Å². The third-order valence-electron chi connectivity index (χ3n) is 6.36. The van der Waals surface area contributed by atoms with E-state index in [2.05, 4.69) is 28.5 Å². The molecule has 1 amide bonds. The lowest BCUT2D eigenvalue weighted by Crippen LogP contribution is -2.32. The molecule has 0 saturated heterocycles. The highest BCUT2D eigenvalue weighted by Crippen LogP contribution is 2.42. The maximum absolute atomic E-state index is 13.0. The Bertz CT molecular complexity index is 1430. The second-order valence-electron chi connectivity index (χ2n) is 8.50. The van der Waals surface area contributed by atoms with Crippen LogP contribution < -0.4 is 5.32 Å². The third kappa shape index (κ3) is 4.55. The van der Waals surface area contributed by atoms with Gasteiger partial charge in [0.15, 0.2) is 18.1 Å². The molecule has 5 rings (SSSR count). The van der Waals surface area contributed by atoms with E-state index in [0.29, 0.717) is 34.0 Å². The molecule has 2 aromatic heterocycles. The van der Waals surface area contributed by atoms with Gasteiger partial charge < -0.3 is 14.5 Å². The Kier molecular flexibility index (Phi) is 6.34. The fourth-order valence-electron chi connectivity index (χ4n) is 4.50. The van der Waals surface area contributed by atoms with E-state index in [1.165, 1.54) is 23.3 Å². The highest BCUT2D eigenvalue weighted by molar-refractivity contribution is 7.16. The number of esters is 1. The van der Waals surface area contributed by atoms with Gasteiger partial charge in [-0.05, 0) is 60.9 Å². The summed E-state index contributed by atoms with van der Waals surface area (Å²) in [5.74, 6) is -0.679. The first-order chi connectivity index (χ1) is 17.1. The van der Waals surface area contributed by atoms with E-state index in [1.807, 2.05) is 18.2 Å². The van der Waals surface area contributed by atoms with Gasteiger partial charge in [-0.3, -0.25) is 4.79 Å². The predicted molar refractivity (Wildman–Crippen MR) is 132 cm³/mol. The van der Waals surface area contributed by atoms with Gasteiger partial charge in [-0.1, -0.05) is 37.3 Å². The minimum Gasteiger partial charge on any atom is -0.449 e. The van der Waals surface area contributed by atoms with Crippen LogP contribution in [0.5, 0.6) is 0 Å². The van der Waals surface area contributed by atoms with Crippen molar-refractivity contribution in [2.45, 2.75) is 44.6 Å². The number of aromatic nitrogens is 1. The van der Waals surface area contributed by atoms with Crippen molar-refractivity contribution in [3.8, 4) is 6.07 Å². The van der Waals surface area contributed by atoms with Crippen LogP contribution in [-0.4, -0.2) is 23.0 Å². The number of oxazole rings is 1. The Morgan fingerprint density at radius 2 is 2.11 bits per heavy atom. The summed E-state index contributed by atoms with van der Waals surface area (Å²) in [5.41, 5.74) is 4.20. The van der Waals surface area contributed by atoms with E-state index in [-0.39, 0.29) is 5.56 Å². The molecule has 2 unspecified atom stereocenters. The summed E-state index contributed by atoms with van der Waals surface area (Å²) >= 11 is 1.44. The standard InChI is InChI=1S/C27H23N3O4S/c1-2-22(34-27(32)18-9-11-21-23(12-18)33-15-29-21)25(31)30-26-20(14-28)19-10-8-17(13-24(19)35-26)16-6-4-3-5-7-16/h3-7,9,11-12,15,17,22H,2,8,10,13H2,1H3,(H,30,31). The molecule has 2 aromatic carbocycles. The molecular formula is C27H23N3O4S. The zero-order valence-corrected chi connectivity index (χ0v) is 19.9. The summed E-state index contributed by atoms with van der Waals surface area (Å²) in [7, 11) is 0. The van der Waals surface area contributed by atoms with Crippen LogP contribution in [0.2, 0.25) is 0 Å². The highest BCUT2D eigenvalue weighted by Gasteiger charge is 2.29.